The van der Waals surface area contributed by atoms with Gasteiger partial charge in [0.2, 0.25) is 11.8 Å². The van der Waals surface area contributed by atoms with Crippen LogP contribution in [0.4, 0.5) is 0 Å². The minimum absolute atomic E-state index is 0.0689. The van der Waals surface area contributed by atoms with Gasteiger partial charge < -0.3 is 24.4 Å². The lowest BCUT2D eigenvalue weighted by molar-refractivity contribution is -0.155. The Hall–Kier alpha value is -1.88. The molecule has 0 radical (unpaired) electrons. The Labute approximate surface area is 230 Å². The highest BCUT2D eigenvalue weighted by Crippen LogP contribution is 2.71. The minimum Gasteiger partial charge on any atom is -0.465 e. The van der Waals surface area contributed by atoms with Crippen LogP contribution in [0.5, 0.6) is 0 Å². The molecule has 5 atom stereocenters. The molecule has 4 rings (SSSR count). The highest BCUT2D eigenvalue weighted by Gasteiger charge is 2.77. The summed E-state index contributed by atoms with van der Waals surface area (Å²) in [4.78, 5) is 47.2. The summed E-state index contributed by atoms with van der Waals surface area (Å²) in [7, 11) is 0. The molecule has 1 N–H and O–H groups in total. The van der Waals surface area contributed by atoms with E-state index in [0.29, 0.717) is 45.9 Å². The largest absolute Gasteiger partial charge is 0.465 e. The maximum atomic E-state index is 14.2. The third kappa shape index (κ3) is 5.42. The van der Waals surface area contributed by atoms with Crippen molar-refractivity contribution in [1.82, 2.24) is 14.7 Å². The molecule has 10 heteroatoms. The fourth-order valence-electron chi connectivity index (χ4n) is 6.77. The molecule has 38 heavy (non-hydrogen) atoms. The number of amides is 2. The number of fused-ring (bicyclic) bond motifs is 1. The molecule has 4 heterocycles. The van der Waals surface area contributed by atoms with Crippen molar-refractivity contribution in [3.05, 3.63) is 25.3 Å². The summed E-state index contributed by atoms with van der Waals surface area (Å²) >= 11 is 1.63. The maximum Gasteiger partial charge on any atom is 0.311 e. The number of nitrogens with zero attached hydrogens (tertiary/aromatic N) is 3. The number of carbonyl (C=O) groups is 3. The van der Waals surface area contributed by atoms with Crippen LogP contribution >= 0.6 is 11.8 Å². The highest BCUT2D eigenvalue weighted by molar-refractivity contribution is 8.02. The summed E-state index contributed by atoms with van der Waals surface area (Å²) < 4.78 is 9.98. The zero-order chi connectivity index (χ0) is 27.3. The van der Waals surface area contributed by atoms with Crippen LogP contribution in [-0.2, 0) is 23.9 Å². The molecule has 1 spiro atoms. The number of thioether (sulfide) groups is 1. The maximum absolute atomic E-state index is 14.2. The number of β-amino-alcohol motifs (C(OH)–C–C–N with tert-alkyl or cyclic N) is 1. The van der Waals surface area contributed by atoms with Crippen molar-refractivity contribution in [2.24, 2.45) is 11.8 Å². The Balaban J connectivity index is 1.56. The van der Waals surface area contributed by atoms with Gasteiger partial charge in [-0.1, -0.05) is 12.2 Å². The van der Waals surface area contributed by atoms with E-state index in [1.54, 1.807) is 27.6 Å². The first-order valence-electron chi connectivity index (χ1n) is 13.9. The molecule has 0 aromatic heterocycles. The van der Waals surface area contributed by atoms with Gasteiger partial charge in [0.15, 0.2) is 0 Å². The number of aliphatic hydroxyl groups is 1. The van der Waals surface area contributed by atoms with E-state index in [-0.39, 0.29) is 30.9 Å². The predicted molar refractivity (Wildman–Crippen MR) is 147 cm³/mol. The Morgan fingerprint density at radius 2 is 1.97 bits per heavy atom. The number of hydrogen-bond donors (Lipinski definition) is 1. The van der Waals surface area contributed by atoms with E-state index in [4.69, 9.17) is 9.47 Å². The van der Waals surface area contributed by atoms with Gasteiger partial charge in [0, 0.05) is 44.0 Å². The van der Waals surface area contributed by atoms with Gasteiger partial charge in [-0.15, -0.1) is 24.9 Å². The van der Waals surface area contributed by atoms with E-state index in [2.05, 4.69) is 18.1 Å². The van der Waals surface area contributed by atoms with Gasteiger partial charge in [-0.2, -0.15) is 0 Å². The van der Waals surface area contributed by atoms with E-state index in [9.17, 15) is 19.5 Å². The zero-order valence-electron chi connectivity index (χ0n) is 22.6. The lowest BCUT2D eigenvalue weighted by Gasteiger charge is -2.38. The van der Waals surface area contributed by atoms with Crippen molar-refractivity contribution in [2.75, 3.05) is 65.7 Å². The van der Waals surface area contributed by atoms with Crippen LogP contribution in [0.25, 0.3) is 0 Å². The van der Waals surface area contributed by atoms with Gasteiger partial charge in [0.05, 0.1) is 43.0 Å². The number of allylic oxidation sites excluding steroid dienone is 1. The molecule has 2 unspecified atom stereocenters. The predicted octanol–water partition coefficient (Wildman–Crippen LogP) is 1.71. The Morgan fingerprint density at radius 3 is 2.66 bits per heavy atom. The Bertz CT molecular complexity index is 911. The molecule has 2 amide bonds. The first kappa shape index (κ1) is 29.1. The number of unbranched alkanes of at least 4 members (excludes halogenated alkanes) is 2. The second kappa shape index (κ2) is 12.5. The molecule has 0 saturated carbocycles. The minimum atomic E-state index is -0.728. The van der Waals surface area contributed by atoms with E-state index >= 15 is 0 Å². The fourth-order valence-corrected chi connectivity index (χ4v) is 9.11. The standard InChI is InChI=1S/C28H43N3O6S/c1-4-6-7-8-18-37-26(35)22-21-24(33)31(14-17-32)23(28(21)10-9-27(22,3)38-28)25(34)30(11-5-2)13-12-29-15-19-36-20-16-29/h4-5,21-23,32H,1-2,6-20H2,3H3/t21-,22-,23?,27+,28?/m0/s1. The van der Waals surface area contributed by atoms with Crippen molar-refractivity contribution in [2.45, 2.75) is 54.6 Å². The van der Waals surface area contributed by atoms with Crippen molar-refractivity contribution < 1.29 is 29.0 Å². The number of carbonyl (C=O) groups excluding carboxylic acids is 3. The van der Waals surface area contributed by atoms with Crippen LogP contribution in [-0.4, -0.2) is 119 Å². The molecule has 9 nitrogen and oxygen atoms in total. The van der Waals surface area contributed by atoms with Gasteiger partial charge in [-0.3, -0.25) is 19.3 Å². The third-order valence-corrected chi connectivity index (χ3v) is 10.6. The third-order valence-electron chi connectivity index (χ3n) is 8.60. The zero-order valence-corrected chi connectivity index (χ0v) is 23.5. The topological polar surface area (TPSA) is 99.6 Å². The van der Waals surface area contributed by atoms with Crippen LogP contribution in [0.3, 0.4) is 0 Å². The first-order valence-corrected chi connectivity index (χ1v) is 14.7. The molecular formula is C28H43N3O6S. The first-order chi connectivity index (χ1) is 18.3. The average molecular weight is 550 g/mol. The van der Waals surface area contributed by atoms with E-state index < -0.39 is 27.4 Å². The molecule has 4 aliphatic rings. The molecule has 4 aliphatic heterocycles. The number of aliphatic hydroxyl groups excluding tert-OH is 1. The smallest absolute Gasteiger partial charge is 0.311 e. The van der Waals surface area contributed by atoms with Gasteiger partial charge in [0.1, 0.15) is 6.04 Å². The summed E-state index contributed by atoms with van der Waals surface area (Å²) in [5, 5.41) is 9.84. The number of rotatable bonds is 14. The molecule has 0 aliphatic carbocycles. The molecular weight excluding hydrogens is 506 g/mol. The quantitative estimate of drug-likeness (QED) is 0.199. The lowest BCUT2D eigenvalue weighted by atomic mass is 9.66. The summed E-state index contributed by atoms with van der Waals surface area (Å²) in [5.41, 5.74) is 0. The van der Waals surface area contributed by atoms with Gasteiger partial charge in [-0.25, -0.2) is 0 Å². The molecule has 2 bridgehead atoms. The second-order valence-corrected chi connectivity index (χ2v) is 12.9. The van der Waals surface area contributed by atoms with Crippen LogP contribution in [0.1, 0.15) is 39.0 Å². The Kier molecular flexibility index (Phi) is 9.60. The highest BCUT2D eigenvalue weighted by atomic mass is 32.2. The fraction of sp³-hybridized carbons (Fsp3) is 0.750. The van der Waals surface area contributed by atoms with E-state index in [1.165, 1.54) is 0 Å². The molecule has 0 aromatic rings. The Morgan fingerprint density at radius 1 is 1.21 bits per heavy atom. The summed E-state index contributed by atoms with van der Waals surface area (Å²) in [5.74, 6) is -1.91. The molecule has 4 saturated heterocycles. The summed E-state index contributed by atoms with van der Waals surface area (Å²) in [6, 6.07) is -0.728. The van der Waals surface area contributed by atoms with Gasteiger partial charge in [-0.05, 0) is 39.0 Å². The summed E-state index contributed by atoms with van der Waals surface area (Å²) in [6.45, 7) is 14.4. The van der Waals surface area contributed by atoms with E-state index in [0.717, 1.165) is 38.8 Å². The van der Waals surface area contributed by atoms with E-state index in [1.807, 2.05) is 13.0 Å². The lowest BCUT2D eigenvalue weighted by Crippen LogP contribution is -2.56. The van der Waals surface area contributed by atoms with Crippen LogP contribution in [0, 0.1) is 11.8 Å². The van der Waals surface area contributed by atoms with Gasteiger partial charge >= 0.3 is 5.97 Å². The number of hydrogen-bond acceptors (Lipinski definition) is 8. The average Bonchev–Trinajstić information content (AvgIpc) is 3.47. The van der Waals surface area contributed by atoms with Crippen LogP contribution in [0.2, 0.25) is 0 Å². The van der Waals surface area contributed by atoms with Crippen molar-refractivity contribution in [3.63, 3.8) is 0 Å². The van der Waals surface area contributed by atoms with Crippen molar-refractivity contribution >= 4 is 29.5 Å². The number of likely N-dealkylation sites (tertiary alicyclic amines) is 1. The molecule has 212 valence electrons. The SMILES string of the molecule is C=CCCCCOC(=O)[C@@H]1[C@H]2C(=O)N(CCO)C(C(=O)N(CC=C)CCN3CCOCC3)C23CC[C@@]1(C)S3. The van der Waals surface area contributed by atoms with Crippen LogP contribution < -0.4 is 0 Å². The van der Waals surface area contributed by atoms with Crippen LogP contribution in [0.15, 0.2) is 25.3 Å². The van der Waals surface area contributed by atoms with Gasteiger partial charge in [0.25, 0.3) is 0 Å². The summed E-state index contributed by atoms with van der Waals surface area (Å²) in [6.07, 6.45) is 7.48. The van der Waals surface area contributed by atoms with Crippen molar-refractivity contribution in [3.8, 4) is 0 Å². The number of ether oxygens (including phenoxy) is 2. The normalized spacial score (nSPS) is 32.3. The van der Waals surface area contributed by atoms with Crippen molar-refractivity contribution in [1.29, 1.82) is 0 Å². The second-order valence-electron chi connectivity index (χ2n) is 11.0. The molecule has 4 fully saturated rings. The monoisotopic (exact) mass is 549 g/mol. The number of esters is 1. The molecule has 0 aromatic carbocycles. The number of morpholine rings is 1.